The normalized spacial score (nSPS) is 12.2. The van der Waals surface area contributed by atoms with Crippen molar-refractivity contribution in [1.82, 2.24) is 4.57 Å². The highest BCUT2D eigenvalue weighted by Gasteiger charge is 2.34. The summed E-state index contributed by atoms with van der Waals surface area (Å²) in [5.41, 5.74) is 6.01. The molecule has 0 aliphatic heterocycles. The molecule has 0 aliphatic carbocycles. The molecule has 1 heterocycles. The maximum absolute atomic E-state index is 2.51. The number of fused-ring (bicyclic) bond motifs is 9. The van der Waals surface area contributed by atoms with E-state index in [1.807, 2.05) is 0 Å². The molecular formula is C54H37NS. The molecule has 1 nitrogen and oxygen atoms in total. The first kappa shape index (κ1) is 32.6. The fourth-order valence-corrected chi connectivity index (χ4v) is 12.9. The van der Waals surface area contributed by atoms with E-state index in [0.717, 1.165) is 0 Å². The predicted octanol–water partition coefficient (Wildman–Crippen LogP) is 15.3. The van der Waals surface area contributed by atoms with Gasteiger partial charge in [0.15, 0.2) is 0 Å². The summed E-state index contributed by atoms with van der Waals surface area (Å²) in [6.45, 7) is 0. The molecule has 0 N–H and O–H groups in total. The molecule has 10 aromatic carbocycles. The van der Waals surface area contributed by atoms with Crippen LogP contribution >= 0.6 is 10.0 Å². The monoisotopic (exact) mass is 731 g/mol. The average molecular weight is 732 g/mol. The second-order valence-electron chi connectivity index (χ2n) is 14.5. The average Bonchev–Trinajstić information content (AvgIpc) is 3.62. The summed E-state index contributed by atoms with van der Waals surface area (Å²) in [7, 11) is -1.97. The summed E-state index contributed by atoms with van der Waals surface area (Å²) in [5.74, 6) is 0. The molecule has 0 aliphatic rings. The van der Waals surface area contributed by atoms with E-state index < -0.39 is 10.0 Å². The van der Waals surface area contributed by atoms with Crippen molar-refractivity contribution in [3.05, 3.63) is 224 Å². The number of rotatable bonds is 6. The van der Waals surface area contributed by atoms with Crippen molar-refractivity contribution in [3.8, 4) is 16.8 Å². The maximum Gasteiger partial charge on any atom is 0.0541 e. The molecule has 56 heavy (non-hydrogen) atoms. The first-order chi connectivity index (χ1) is 27.8. The highest BCUT2D eigenvalue weighted by molar-refractivity contribution is 8.34. The van der Waals surface area contributed by atoms with Crippen molar-refractivity contribution in [3.63, 3.8) is 0 Å². The number of aromatic nitrogens is 1. The van der Waals surface area contributed by atoms with Crippen LogP contribution in [-0.2, 0) is 0 Å². The van der Waals surface area contributed by atoms with Gasteiger partial charge in [-0.2, -0.15) is 0 Å². The molecule has 0 bridgehead atoms. The van der Waals surface area contributed by atoms with Crippen molar-refractivity contribution >= 4 is 64.2 Å². The smallest absolute Gasteiger partial charge is 0.0541 e. The van der Waals surface area contributed by atoms with Gasteiger partial charge < -0.3 is 4.57 Å². The molecule has 0 saturated carbocycles. The highest BCUT2D eigenvalue weighted by atomic mass is 32.3. The minimum Gasteiger partial charge on any atom is -0.309 e. The number of benzene rings is 10. The second kappa shape index (κ2) is 13.2. The largest absolute Gasteiger partial charge is 0.309 e. The molecular weight excluding hydrogens is 695 g/mol. The zero-order valence-corrected chi connectivity index (χ0v) is 31.5. The van der Waals surface area contributed by atoms with Crippen LogP contribution in [0.1, 0.15) is 0 Å². The first-order valence-electron chi connectivity index (χ1n) is 19.2. The maximum atomic E-state index is 2.51. The summed E-state index contributed by atoms with van der Waals surface area (Å²) in [6.07, 6.45) is 0. The van der Waals surface area contributed by atoms with Gasteiger partial charge in [-0.15, -0.1) is 10.0 Å². The van der Waals surface area contributed by atoms with E-state index in [9.17, 15) is 0 Å². The van der Waals surface area contributed by atoms with Crippen LogP contribution in [0.5, 0.6) is 0 Å². The summed E-state index contributed by atoms with van der Waals surface area (Å²) in [5, 5.41) is 10.3. The molecule has 11 aromatic rings. The van der Waals surface area contributed by atoms with Crippen molar-refractivity contribution < 1.29 is 0 Å². The van der Waals surface area contributed by atoms with Crippen LogP contribution < -0.4 is 0 Å². The van der Waals surface area contributed by atoms with Gasteiger partial charge in [-0.25, -0.2) is 0 Å². The molecule has 0 atom stereocenters. The fourth-order valence-electron chi connectivity index (χ4n) is 9.02. The molecule has 0 radical (unpaired) electrons. The van der Waals surface area contributed by atoms with E-state index in [0.29, 0.717) is 0 Å². The lowest BCUT2D eigenvalue weighted by atomic mass is 9.94. The highest BCUT2D eigenvalue weighted by Crippen LogP contribution is 2.74. The summed E-state index contributed by atoms with van der Waals surface area (Å²) >= 11 is 0. The molecule has 264 valence electrons. The van der Waals surface area contributed by atoms with Crippen LogP contribution in [0, 0.1) is 0 Å². The van der Waals surface area contributed by atoms with Crippen molar-refractivity contribution in [2.45, 2.75) is 19.6 Å². The Bertz CT molecular complexity index is 3160. The molecule has 0 fully saturated rings. The topological polar surface area (TPSA) is 4.93 Å². The van der Waals surface area contributed by atoms with Gasteiger partial charge in [0, 0.05) is 36.0 Å². The van der Waals surface area contributed by atoms with Crippen LogP contribution in [0.15, 0.2) is 244 Å². The Morgan fingerprint density at radius 3 is 1.36 bits per heavy atom. The van der Waals surface area contributed by atoms with E-state index in [1.165, 1.54) is 90.5 Å². The third kappa shape index (κ3) is 4.96. The third-order valence-electron chi connectivity index (χ3n) is 11.5. The molecule has 11 rings (SSSR count). The minimum absolute atomic E-state index is 1.17. The lowest BCUT2D eigenvalue weighted by Gasteiger charge is -2.42. The lowest BCUT2D eigenvalue weighted by Crippen LogP contribution is -2.05. The van der Waals surface area contributed by atoms with Crippen LogP contribution in [0.4, 0.5) is 0 Å². The summed E-state index contributed by atoms with van der Waals surface area (Å²) in [4.78, 5) is 5.26. The van der Waals surface area contributed by atoms with Gasteiger partial charge in [-0.05, 0) is 122 Å². The van der Waals surface area contributed by atoms with E-state index in [2.05, 4.69) is 229 Å². The van der Waals surface area contributed by atoms with Crippen LogP contribution in [0.3, 0.4) is 0 Å². The second-order valence-corrected chi connectivity index (χ2v) is 17.6. The zero-order chi connectivity index (χ0) is 37.1. The van der Waals surface area contributed by atoms with Crippen molar-refractivity contribution in [1.29, 1.82) is 0 Å². The van der Waals surface area contributed by atoms with E-state index in [1.54, 1.807) is 0 Å². The number of hydrogen-bond donors (Lipinski definition) is 0. The van der Waals surface area contributed by atoms with Crippen LogP contribution in [0.2, 0.25) is 0 Å². The number of nitrogens with zero attached hydrogens (tertiary/aromatic N) is 1. The fraction of sp³-hybridized carbons (Fsp3) is 0. The van der Waals surface area contributed by atoms with Crippen LogP contribution in [0.25, 0.3) is 70.9 Å². The molecule has 0 spiro atoms. The van der Waals surface area contributed by atoms with E-state index in [-0.39, 0.29) is 0 Å². The van der Waals surface area contributed by atoms with Gasteiger partial charge in [-0.1, -0.05) is 146 Å². The Labute approximate surface area is 328 Å². The van der Waals surface area contributed by atoms with Gasteiger partial charge in [-0.3, -0.25) is 0 Å². The van der Waals surface area contributed by atoms with Crippen LogP contribution in [-0.4, -0.2) is 4.57 Å². The molecule has 2 heteroatoms. The third-order valence-corrected chi connectivity index (χ3v) is 15.4. The predicted molar refractivity (Wildman–Crippen MR) is 239 cm³/mol. The summed E-state index contributed by atoms with van der Waals surface area (Å²) < 4.78 is 2.39. The zero-order valence-electron chi connectivity index (χ0n) is 30.7. The van der Waals surface area contributed by atoms with Gasteiger partial charge in [0.1, 0.15) is 0 Å². The Morgan fingerprint density at radius 1 is 0.250 bits per heavy atom. The summed E-state index contributed by atoms with van der Waals surface area (Å²) in [6, 6.07) is 83.3. The Balaban J connectivity index is 1.18. The van der Waals surface area contributed by atoms with Gasteiger partial charge in [0.2, 0.25) is 0 Å². The Morgan fingerprint density at radius 2 is 0.714 bits per heavy atom. The van der Waals surface area contributed by atoms with Gasteiger partial charge in [0.25, 0.3) is 0 Å². The van der Waals surface area contributed by atoms with E-state index in [4.69, 9.17) is 0 Å². The molecule has 0 unspecified atom stereocenters. The van der Waals surface area contributed by atoms with E-state index >= 15 is 0 Å². The Kier molecular flexibility index (Phi) is 7.65. The van der Waals surface area contributed by atoms with Gasteiger partial charge in [0.05, 0.1) is 11.0 Å². The standard InChI is InChI=1S/C54H37NS/c1-4-18-40(19-5-1)55-53-30-15-14-29-50(53)52-36-39(31-34-54(52)55)38-17-16-24-43(35-38)56(41-20-6-2-7-21-41,42-22-8-3-9-23-42)44-32-33-49-47-27-11-10-25-45(47)46-26-12-13-28-48(46)51(49)37-44/h1-37H. The number of hydrogen-bond acceptors (Lipinski definition) is 0. The minimum atomic E-state index is -1.97. The first-order valence-corrected chi connectivity index (χ1v) is 20.9. The SMILES string of the molecule is c1ccc(-n2c3ccccc3c3cc(-c4cccc(S(c5ccccc5)(c5ccccc5)c5ccc6c7ccccc7c7ccccc7c6c5)c4)ccc32)cc1. The Hall–Kier alpha value is -6.87. The molecule has 0 amide bonds. The van der Waals surface area contributed by atoms with Crippen molar-refractivity contribution in [2.24, 2.45) is 0 Å². The lowest BCUT2D eigenvalue weighted by molar-refractivity contribution is 1.18. The molecule has 0 saturated heterocycles. The quantitative estimate of drug-likeness (QED) is 0.150. The van der Waals surface area contributed by atoms with Crippen molar-refractivity contribution in [2.75, 3.05) is 0 Å². The number of para-hydroxylation sites is 2. The molecule has 1 aromatic heterocycles. The van der Waals surface area contributed by atoms with Gasteiger partial charge >= 0.3 is 0 Å².